The van der Waals surface area contributed by atoms with E-state index in [2.05, 4.69) is 0 Å². The van der Waals surface area contributed by atoms with Gasteiger partial charge in [-0.2, -0.15) is 13.2 Å². The van der Waals surface area contributed by atoms with E-state index in [4.69, 9.17) is 5.73 Å². The van der Waals surface area contributed by atoms with E-state index in [9.17, 15) is 21.6 Å². The highest BCUT2D eigenvalue weighted by atomic mass is 32.2. The van der Waals surface area contributed by atoms with E-state index in [0.717, 1.165) is 18.4 Å². The minimum Gasteiger partial charge on any atom is -0.398 e. The van der Waals surface area contributed by atoms with Gasteiger partial charge >= 0.3 is 6.18 Å². The van der Waals surface area contributed by atoms with E-state index >= 15 is 0 Å². The van der Waals surface area contributed by atoms with Gasteiger partial charge in [0.1, 0.15) is 0 Å². The molecule has 0 atom stereocenters. The second-order valence-corrected chi connectivity index (χ2v) is 6.61. The molecule has 0 aromatic heterocycles. The highest BCUT2D eigenvalue weighted by molar-refractivity contribution is 7.90. The molecule has 0 amide bonds. The Hall–Kier alpha value is -2.02. The lowest BCUT2D eigenvalue weighted by Crippen LogP contribution is -2.06. The molecule has 0 aliphatic heterocycles. The number of nitrogen functional groups attached to an aromatic ring is 1. The predicted octanol–water partition coefficient (Wildman–Crippen LogP) is 3.36. The molecule has 0 saturated carbocycles. The van der Waals surface area contributed by atoms with Crippen molar-refractivity contribution >= 4 is 15.5 Å². The standard InChI is InChI=1S/C14H12F3NO2S/c1-21(19,20)11-5-2-9(3-6-11)12-7-4-10(8-13(12)18)14(15,16)17/h2-8H,18H2,1H3. The van der Waals surface area contributed by atoms with Gasteiger partial charge in [0.05, 0.1) is 10.5 Å². The molecule has 2 aromatic rings. The van der Waals surface area contributed by atoms with Crippen molar-refractivity contribution in [1.29, 1.82) is 0 Å². The maximum Gasteiger partial charge on any atom is 0.416 e. The van der Waals surface area contributed by atoms with Gasteiger partial charge in [-0.15, -0.1) is 0 Å². The molecule has 0 fully saturated rings. The van der Waals surface area contributed by atoms with Gasteiger partial charge in [0.2, 0.25) is 0 Å². The third-order valence-electron chi connectivity index (χ3n) is 2.97. The van der Waals surface area contributed by atoms with Gasteiger partial charge in [-0.05, 0) is 29.8 Å². The molecule has 2 aromatic carbocycles. The van der Waals surface area contributed by atoms with Crippen LogP contribution in [0.2, 0.25) is 0 Å². The number of anilines is 1. The fourth-order valence-electron chi connectivity index (χ4n) is 1.88. The van der Waals surface area contributed by atoms with Crippen LogP contribution in [0.25, 0.3) is 11.1 Å². The van der Waals surface area contributed by atoms with Crippen LogP contribution in [0.5, 0.6) is 0 Å². The van der Waals surface area contributed by atoms with Gasteiger partial charge in [0.25, 0.3) is 0 Å². The first-order valence-electron chi connectivity index (χ1n) is 5.86. The maximum atomic E-state index is 12.6. The van der Waals surface area contributed by atoms with Crippen molar-refractivity contribution in [1.82, 2.24) is 0 Å². The average molecular weight is 315 g/mol. The van der Waals surface area contributed by atoms with E-state index in [0.29, 0.717) is 11.1 Å². The Kier molecular flexibility index (Phi) is 3.71. The summed E-state index contributed by atoms with van der Waals surface area (Å²) in [6.45, 7) is 0. The SMILES string of the molecule is CS(=O)(=O)c1ccc(-c2ccc(C(F)(F)F)cc2N)cc1. The van der Waals surface area contributed by atoms with Crippen LogP contribution in [0.1, 0.15) is 5.56 Å². The molecule has 0 bridgehead atoms. The van der Waals surface area contributed by atoms with Gasteiger partial charge in [-0.25, -0.2) is 8.42 Å². The third-order valence-corrected chi connectivity index (χ3v) is 4.10. The molecule has 0 radical (unpaired) electrons. The monoisotopic (exact) mass is 315 g/mol. The zero-order chi connectivity index (χ0) is 15.8. The Balaban J connectivity index is 2.44. The summed E-state index contributed by atoms with van der Waals surface area (Å²) in [6.07, 6.45) is -3.37. The van der Waals surface area contributed by atoms with Crippen LogP contribution in [0.3, 0.4) is 0 Å². The molecule has 0 aliphatic rings. The fourth-order valence-corrected chi connectivity index (χ4v) is 2.51. The quantitative estimate of drug-likeness (QED) is 0.865. The second-order valence-electron chi connectivity index (χ2n) is 4.60. The molecule has 0 spiro atoms. The highest BCUT2D eigenvalue weighted by Crippen LogP contribution is 2.34. The van der Waals surface area contributed by atoms with Gasteiger partial charge in [-0.3, -0.25) is 0 Å². The summed E-state index contributed by atoms with van der Waals surface area (Å²) in [7, 11) is -3.32. The van der Waals surface area contributed by atoms with Crippen LogP contribution in [-0.2, 0) is 16.0 Å². The van der Waals surface area contributed by atoms with Crippen LogP contribution in [0.15, 0.2) is 47.4 Å². The van der Waals surface area contributed by atoms with Crippen LogP contribution >= 0.6 is 0 Å². The van der Waals surface area contributed by atoms with E-state index < -0.39 is 21.6 Å². The van der Waals surface area contributed by atoms with E-state index in [1.807, 2.05) is 0 Å². The second kappa shape index (κ2) is 5.07. The molecule has 0 aliphatic carbocycles. The van der Waals surface area contributed by atoms with E-state index in [1.54, 1.807) is 0 Å². The molecule has 0 saturated heterocycles. The number of halogens is 3. The summed E-state index contributed by atoms with van der Waals surface area (Å²) in [5, 5.41) is 0. The van der Waals surface area contributed by atoms with Gasteiger partial charge in [0, 0.05) is 17.5 Å². The summed E-state index contributed by atoms with van der Waals surface area (Å²) in [5.41, 5.74) is 5.79. The number of nitrogens with two attached hydrogens (primary N) is 1. The van der Waals surface area contributed by atoms with Gasteiger partial charge in [-0.1, -0.05) is 18.2 Å². The maximum absolute atomic E-state index is 12.6. The molecule has 112 valence electrons. The summed E-state index contributed by atoms with van der Waals surface area (Å²) in [5.74, 6) is 0. The van der Waals surface area contributed by atoms with Crippen molar-refractivity contribution < 1.29 is 21.6 Å². The zero-order valence-electron chi connectivity index (χ0n) is 11.0. The van der Waals surface area contributed by atoms with E-state index in [1.165, 1.54) is 30.3 Å². The Morgan fingerprint density at radius 3 is 2.00 bits per heavy atom. The third kappa shape index (κ3) is 3.36. The minimum absolute atomic E-state index is 0.0167. The lowest BCUT2D eigenvalue weighted by Gasteiger charge is -2.11. The van der Waals surface area contributed by atoms with Crippen LogP contribution in [0.4, 0.5) is 18.9 Å². The average Bonchev–Trinajstić information content (AvgIpc) is 2.36. The Morgan fingerprint density at radius 2 is 1.57 bits per heavy atom. The summed E-state index contributed by atoms with van der Waals surface area (Å²) in [6, 6.07) is 8.87. The molecule has 7 heteroatoms. The van der Waals surface area contributed by atoms with Crippen molar-refractivity contribution in [3.63, 3.8) is 0 Å². The minimum atomic E-state index is -4.45. The number of hydrogen-bond acceptors (Lipinski definition) is 3. The van der Waals surface area contributed by atoms with Crippen molar-refractivity contribution in [3.05, 3.63) is 48.0 Å². The van der Waals surface area contributed by atoms with Crippen molar-refractivity contribution in [2.45, 2.75) is 11.1 Å². The summed E-state index contributed by atoms with van der Waals surface area (Å²) >= 11 is 0. The molecule has 0 unspecified atom stereocenters. The Morgan fingerprint density at radius 1 is 1.00 bits per heavy atom. The van der Waals surface area contributed by atoms with Gasteiger partial charge < -0.3 is 5.73 Å². The molecule has 3 nitrogen and oxygen atoms in total. The van der Waals surface area contributed by atoms with Crippen molar-refractivity contribution in [2.24, 2.45) is 0 Å². The number of sulfone groups is 1. The normalized spacial score (nSPS) is 12.4. The first-order valence-corrected chi connectivity index (χ1v) is 7.75. The molecule has 2 N–H and O–H groups in total. The molecular weight excluding hydrogens is 303 g/mol. The Labute approximate surface area is 120 Å². The Bertz CT molecular complexity index is 766. The first kappa shape index (κ1) is 15.4. The molecule has 2 rings (SSSR count). The number of hydrogen-bond donors (Lipinski definition) is 1. The predicted molar refractivity (Wildman–Crippen MR) is 74.4 cm³/mol. The summed E-state index contributed by atoms with van der Waals surface area (Å²) in [4.78, 5) is 0.136. The topological polar surface area (TPSA) is 60.2 Å². The molecular formula is C14H12F3NO2S. The summed E-state index contributed by atoms with van der Waals surface area (Å²) < 4.78 is 60.4. The number of alkyl halides is 3. The molecule has 21 heavy (non-hydrogen) atoms. The van der Waals surface area contributed by atoms with Crippen molar-refractivity contribution in [3.8, 4) is 11.1 Å². The van der Waals surface area contributed by atoms with Crippen LogP contribution in [-0.4, -0.2) is 14.7 Å². The largest absolute Gasteiger partial charge is 0.416 e. The lowest BCUT2D eigenvalue weighted by molar-refractivity contribution is -0.137. The fraction of sp³-hybridized carbons (Fsp3) is 0.143. The van der Waals surface area contributed by atoms with E-state index in [-0.39, 0.29) is 10.6 Å². The lowest BCUT2D eigenvalue weighted by atomic mass is 10.0. The number of rotatable bonds is 2. The van der Waals surface area contributed by atoms with Gasteiger partial charge in [0.15, 0.2) is 9.84 Å². The number of benzene rings is 2. The smallest absolute Gasteiger partial charge is 0.398 e. The first-order chi connectivity index (χ1) is 9.59. The van der Waals surface area contributed by atoms with Crippen molar-refractivity contribution in [2.75, 3.05) is 12.0 Å². The van der Waals surface area contributed by atoms with Crippen LogP contribution in [0, 0.1) is 0 Å². The molecule has 0 heterocycles. The van der Waals surface area contributed by atoms with Crippen LogP contribution < -0.4 is 5.73 Å². The zero-order valence-corrected chi connectivity index (χ0v) is 11.8. The highest BCUT2D eigenvalue weighted by Gasteiger charge is 2.30.